The van der Waals surface area contributed by atoms with Crippen LogP contribution in [0.4, 0.5) is 5.69 Å². The van der Waals surface area contributed by atoms with E-state index in [-0.39, 0.29) is 6.61 Å². The molecule has 34 heavy (non-hydrogen) atoms. The van der Waals surface area contributed by atoms with Gasteiger partial charge in [-0.2, -0.15) is 0 Å². The minimum atomic E-state index is -0.541. The molecule has 7 nitrogen and oxygen atoms in total. The molecule has 0 spiro atoms. The van der Waals surface area contributed by atoms with Crippen LogP contribution in [0.15, 0.2) is 48.5 Å². The molecule has 7 heteroatoms. The minimum absolute atomic E-state index is 0.251. The zero-order valence-electron chi connectivity index (χ0n) is 20.6. The monoisotopic (exact) mass is 464 g/mol. The normalized spacial score (nSPS) is 16.9. The van der Waals surface area contributed by atoms with E-state index in [0.29, 0.717) is 12.5 Å². The zero-order valence-corrected chi connectivity index (χ0v) is 20.6. The first-order valence-corrected chi connectivity index (χ1v) is 11.9. The summed E-state index contributed by atoms with van der Waals surface area (Å²) in [5.41, 5.74) is 4.10. The Hall–Kier alpha value is -2.87. The van der Waals surface area contributed by atoms with Gasteiger partial charge in [0.15, 0.2) is 0 Å². The number of hydrogen-bond acceptors (Lipinski definition) is 7. The van der Waals surface area contributed by atoms with Gasteiger partial charge in [-0.1, -0.05) is 0 Å². The van der Waals surface area contributed by atoms with Gasteiger partial charge in [-0.3, -0.25) is 0 Å². The second kappa shape index (κ2) is 11.0. The summed E-state index contributed by atoms with van der Waals surface area (Å²) in [6, 6.07) is 16.3. The van der Waals surface area contributed by atoms with Crippen LogP contribution < -0.4 is 19.7 Å². The first kappa shape index (κ1) is 24.3. The number of pyridine rings is 1. The van der Waals surface area contributed by atoms with Crippen molar-refractivity contribution in [3.63, 3.8) is 0 Å². The van der Waals surface area contributed by atoms with Gasteiger partial charge in [-0.15, -0.1) is 0 Å². The number of nitrogens with zero attached hydrogens (tertiary/aromatic N) is 3. The lowest BCUT2D eigenvalue weighted by molar-refractivity contribution is 0.108. The van der Waals surface area contributed by atoms with Gasteiger partial charge in [-0.25, -0.2) is 4.98 Å². The van der Waals surface area contributed by atoms with E-state index in [0.717, 1.165) is 53.3 Å². The second-order valence-electron chi connectivity index (χ2n) is 9.32. The van der Waals surface area contributed by atoms with Gasteiger partial charge in [-0.05, 0) is 75.9 Å². The fraction of sp³-hybridized carbons (Fsp3) is 0.444. The van der Waals surface area contributed by atoms with Gasteiger partial charge in [0.2, 0.25) is 0 Å². The van der Waals surface area contributed by atoms with Crippen LogP contribution in [0.3, 0.4) is 0 Å². The van der Waals surface area contributed by atoms with E-state index in [1.165, 1.54) is 12.1 Å². The van der Waals surface area contributed by atoms with E-state index in [2.05, 4.69) is 41.3 Å². The molecule has 1 saturated heterocycles. The Morgan fingerprint density at radius 2 is 1.91 bits per heavy atom. The molecule has 0 amide bonds. The highest BCUT2D eigenvalue weighted by molar-refractivity contribution is 5.95. The highest BCUT2D eigenvalue weighted by Gasteiger charge is 2.25. The first-order chi connectivity index (χ1) is 16.5. The molecule has 0 bridgehead atoms. The summed E-state index contributed by atoms with van der Waals surface area (Å²) in [6.45, 7) is 3.94. The average Bonchev–Trinajstić information content (AvgIpc) is 3.29. The highest BCUT2D eigenvalue weighted by atomic mass is 16.5. The minimum Gasteiger partial charge on any atom is -0.497 e. The van der Waals surface area contributed by atoms with Crippen molar-refractivity contribution in [3.8, 4) is 22.8 Å². The molecule has 1 aromatic heterocycles. The fourth-order valence-corrected chi connectivity index (χ4v) is 4.65. The second-order valence-corrected chi connectivity index (χ2v) is 9.32. The van der Waals surface area contributed by atoms with Crippen LogP contribution in [0.5, 0.6) is 11.5 Å². The van der Waals surface area contributed by atoms with Crippen molar-refractivity contribution in [2.45, 2.75) is 12.5 Å². The standard InChI is InChI=1S/C27H36N4O3/c1-28-15-21(32)18-34-22-7-5-20(6-8-22)25-14-27(31-12-11-19(17-31)16-30(2)3)24-10-9-23(33-4)13-26(24)29-25/h5-10,13-14,19,21,28,32H,11-12,15-18H2,1-4H3. The number of anilines is 1. The van der Waals surface area contributed by atoms with Crippen molar-refractivity contribution in [1.29, 1.82) is 0 Å². The van der Waals surface area contributed by atoms with Crippen LogP contribution in [0, 0.1) is 5.92 Å². The molecule has 1 aliphatic heterocycles. The van der Waals surface area contributed by atoms with Gasteiger partial charge in [0.05, 0.1) is 18.3 Å². The number of likely N-dealkylation sites (N-methyl/N-ethyl adjacent to an activating group) is 1. The summed E-state index contributed by atoms with van der Waals surface area (Å²) in [7, 11) is 7.78. The number of benzene rings is 2. The molecule has 0 radical (unpaired) electrons. The Kier molecular flexibility index (Phi) is 7.88. The Bertz CT molecular complexity index is 1090. The fourth-order valence-electron chi connectivity index (χ4n) is 4.65. The third-order valence-corrected chi connectivity index (χ3v) is 6.28. The maximum atomic E-state index is 9.87. The molecule has 0 saturated carbocycles. The van der Waals surface area contributed by atoms with Crippen LogP contribution >= 0.6 is 0 Å². The molecule has 1 fully saturated rings. The molecule has 2 N–H and O–H groups in total. The van der Waals surface area contributed by atoms with Crippen molar-refractivity contribution in [2.24, 2.45) is 5.92 Å². The van der Waals surface area contributed by atoms with Gasteiger partial charge in [0.1, 0.15) is 24.2 Å². The van der Waals surface area contributed by atoms with Crippen molar-refractivity contribution < 1.29 is 14.6 Å². The van der Waals surface area contributed by atoms with E-state index >= 15 is 0 Å². The number of ether oxygens (including phenoxy) is 2. The third-order valence-electron chi connectivity index (χ3n) is 6.28. The molecule has 1 aliphatic rings. The number of aliphatic hydroxyl groups excluding tert-OH is 1. The SMILES string of the molecule is CNCC(O)COc1ccc(-c2cc(N3CCC(CN(C)C)C3)c3ccc(OC)cc3n2)cc1. The predicted molar refractivity (Wildman–Crippen MR) is 138 cm³/mol. The first-order valence-electron chi connectivity index (χ1n) is 11.9. The average molecular weight is 465 g/mol. The Morgan fingerprint density at radius 3 is 2.62 bits per heavy atom. The summed E-state index contributed by atoms with van der Waals surface area (Å²) in [6.07, 6.45) is 0.653. The Labute approximate surface area is 202 Å². The predicted octanol–water partition coefficient (Wildman–Crippen LogP) is 3.26. The van der Waals surface area contributed by atoms with Crippen molar-refractivity contribution in [1.82, 2.24) is 15.2 Å². The lowest BCUT2D eigenvalue weighted by Crippen LogP contribution is -2.29. The van der Waals surface area contributed by atoms with E-state index in [1.54, 1.807) is 7.11 Å². The molecule has 2 aromatic carbocycles. The molecular formula is C27H36N4O3. The van der Waals surface area contributed by atoms with Gasteiger partial charge in [0.25, 0.3) is 0 Å². The molecule has 2 heterocycles. The van der Waals surface area contributed by atoms with Gasteiger partial charge in [0, 0.05) is 48.9 Å². The Balaban J connectivity index is 1.62. The van der Waals surface area contributed by atoms with Crippen LogP contribution in [-0.2, 0) is 0 Å². The van der Waals surface area contributed by atoms with Crippen LogP contribution in [0.2, 0.25) is 0 Å². The number of methoxy groups -OCH3 is 1. The maximum Gasteiger partial charge on any atom is 0.121 e. The molecule has 4 rings (SSSR count). The van der Waals surface area contributed by atoms with Gasteiger partial charge >= 0.3 is 0 Å². The third kappa shape index (κ3) is 5.78. The topological polar surface area (TPSA) is 70.1 Å². The van der Waals surface area contributed by atoms with Crippen LogP contribution in [-0.4, -0.2) is 82.1 Å². The van der Waals surface area contributed by atoms with Crippen molar-refractivity contribution in [3.05, 3.63) is 48.5 Å². The summed E-state index contributed by atoms with van der Waals surface area (Å²) >= 11 is 0. The van der Waals surface area contributed by atoms with Crippen LogP contribution in [0.25, 0.3) is 22.2 Å². The lowest BCUT2D eigenvalue weighted by atomic mass is 10.1. The summed E-state index contributed by atoms with van der Waals surface area (Å²) in [5, 5.41) is 14.0. The lowest BCUT2D eigenvalue weighted by Gasteiger charge is -2.23. The molecule has 2 unspecified atom stereocenters. The van der Waals surface area contributed by atoms with Gasteiger partial charge < -0.3 is 29.7 Å². The zero-order chi connectivity index (χ0) is 24.1. The van der Waals surface area contributed by atoms with E-state index in [9.17, 15) is 5.11 Å². The number of aliphatic hydroxyl groups is 1. The van der Waals surface area contributed by atoms with E-state index < -0.39 is 6.10 Å². The number of aromatic nitrogens is 1. The number of nitrogens with one attached hydrogen (secondary N) is 1. The van der Waals surface area contributed by atoms with E-state index in [1.807, 2.05) is 43.4 Å². The van der Waals surface area contributed by atoms with Crippen LogP contribution in [0.1, 0.15) is 6.42 Å². The quantitative estimate of drug-likeness (QED) is 0.477. The molecule has 2 atom stereocenters. The summed E-state index contributed by atoms with van der Waals surface area (Å²) < 4.78 is 11.2. The molecular weight excluding hydrogens is 428 g/mol. The van der Waals surface area contributed by atoms with Crippen molar-refractivity contribution >= 4 is 16.6 Å². The van der Waals surface area contributed by atoms with Crippen molar-refractivity contribution in [2.75, 3.05) is 65.9 Å². The number of fused-ring (bicyclic) bond motifs is 1. The smallest absolute Gasteiger partial charge is 0.121 e. The number of hydrogen-bond donors (Lipinski definition) is 2. The summed E-state index contributed by atoms with van der Waals surface area (Å²) in [4.78, 5) is 9.75. The Morgan fingerprint density at radius 1 is 1.15 bits per heavy atom. The maximum absolute atomic E-state index is 9.87. The largest absolute Gasteiger partial charge is 0.497 e. The van der Waals surface area contributed by atoms with E-state index in [4.69, 9.17) is 14.5 Å². The molecule has 182 valence electrons. The number of rotatable bonds is 10. The molecule has 0 aliphatic carbocycles. The highest BCUT2D eigenvalue weighted by Crippen LogP contribution is 2.35. The molecule has 3 aromatic rings. The summed E-state index contributed by atoms with van der Waals surface area (Å²) in [5.74, 6) is 2.20.